The van der Waals surface area contributed by atoms with Crippen molar-refractivity contribution < 1.29 is 4.79 Å². The van der Waals surface area contributed by atoms with E-state index in [1.807, 2.05) is 24.8 Å². The van der Waals surface area contributed by atoms with E-state index in [9.17, 15) is 4.79 Å². The van der Waals surface area contributed by atoms with Crippen LogP contribution in [0.5, 0.6) is 0 Å². The predicted molar refractivity (Wildman–Crippen MR) is 90.5 cm³/mol. The van der Waals surface area contributed by atoms with Crippen molar-refractivity contribution in [3.05, 3.63) is 34.9 Å². The molecule has 0 aliphatic carbocycles. The Morgan fingerprint density at radius 3 is 2.43 bits per heavy atom. The molecule has 0 radical (unpaired) electrons. The monoisotopic (exact) mass is 310 g/mol. The molecule has 1 aliphatic heterocycles. The van der Waals surface area contributed by atoms with Crippen LogP contribution in [-0.4, -0.2) is 37.0 Å². The molecule has 1 fully saturated rings. The highest BCUT2D eigenvalue weighted by Crippen LogP contribution is 2.29. The second kappa shape index (κ2) is 8.40. The zero-order valence-electron chi connectivity index (χ0n) is 13.3. The minimum absolute atomic E-state index is 0. The predicted octanol–water partition coefficient (Wildman–Crippen LogP) is 3.37. The van der Waals surface area contributed by atoms with E-state index in [-0.39, 0.29) is 18.3 Å². The number of rotatable bonds is 4. The third-order valence-corrected chi connectivity index (χ3v) is 4.36. The van der Waals surface area contributed by atoms with E-state index < -0.39 is 0 Å². The largest absolute Gasteiger partial charge is 0.339 e. The molecule has 1 aliphatic rings. The number of amides is 1. The van der Waals surface area contributed by atoms with Gasteiger partial charge in [0.05, 0.1) is 0 Å². The first-order chi connectivity index (χ1) is 9.67. The quantitative estimate of drug-likeness (QED) is 0.925. The van der Waals surface area contributed by atoms with E-state index in [4.69, 9.17) is 0 Å². The molecule has 0 saturated carbocycles. The Bertz CT molecular complexity index is 466. The summed E-state index contributed by atoms with van der Waals surface area (Å²) >= 11 is 0. The maximum absolute atomic E-state index is 12.5. The number of halogens is 1. The van der Waals surface area contributed by atoms with Crippen LogP contribution in [-0.2, 0) is 0 Å². The van der Waals surface area contributed by atoms with Gasteiger partial charge in [-0.3, -0.25) is 4.79 Å². The van der Waals surface area contributed by atoms with Gasteiger partial charge in [0.2, 0.25) is 0 Å². The third-order valence-electron chi connectivity index (χ3n) is 4.36. The van der Waals surface area contributed by atoms with Gasteiger partial charge in [-0.25, -0.2) is 0 Å². The van der Waals surface area contributed by atoms with Gasteiger partial charge in [-0.2, -0.15) is 0 Å². The number of nitrogens with zero attached hydrogens (tertiary/aromatic N) is 1. The highest BCUT2D eigenvalue weighted by Gasteiger charge is 2.19. The van der Waals surface area contributed by atoms with E-state index in [0.717, 1.165) is 31.7 Å². The van der Waals surface area contributed by atoms with Crippen molar-refractivity contribution >= 4 is 18.3 Å². The summed E-state index contributed by atoms with van der Waals surface area (Å²) < 4.78 is 0. The molecule has 4 heteroatoms. The SMILES string of the molecule is CCN(CC)C(=O)c1ccc(C)c(C2CCNCC2)c1.Cl. The Hall–Kier alpha value is -1.06. The summed E-state index contributed by atoms with van der Waals surface area (Å²) in [7, 11) is 0. The molecule has 2 rings (SSSR count). The molecule has 0 aromatic heterocycles. The van der Waals surface area contributed by atoms with Gasteiger partial charge in [-0.15, -0.1) is 12.4 Å². The van der Waals surface area contributed by atoms with Gasteiger partial charge in [0, 0.05) is 18.7 Å². The molecule has 0 atom stereocenters. The molecular formula is C17H27ClN2O. The molecule has 118 valence electrons. The zero-order chi connectivity index (χ0) is 14.5. The van der Waals surface area contributed by atoms with Gasteiger partial charge in [0.25, 0.3) is 5.91 Å². The van der Waals surface area contributed by atoms with Crippen LogP contribution in [0.3, 0.4) is 0 Å². The Kier molecular flexibility index (Phi) is 7.20. The summed E-state index contributed by atoms with van der Waals surface area (Å²) in [5.41, 5.74) is 3.52. The molecule has 1 N–H and O–H groups in total. The minimum Gasteiger partial charge on any atom is -0.339 e. The fourth-order valence-electron chi connectivity index (χ4n) is 3.04. The van der Waals surface area contributed by atoms with Gasteiger partial charge in [-0.05, 0) is 75.9 Å². The number of hydrogen-bond acceptors (Lipinski definition) is 2. The van der Waals surface area contributed by atoms with Crippen molar-refractivity contribution in [3.63, 3.8) is 0 Å². The maximum atomic E-state index is 12.5. The second-order valence-corrected chi connectivity index (χ2v) is 5.57. The summed E-state index contributed by atoms with van der Waals surface area (Å²) in [6.07, 6.45) is 2.34. The molecular weight excluding hydrogens is 284 g/mol. The molecule has 0 unspecified atom stereocenters. The fraction of sp³-hybridized carbons (Fsp3) is 0.588. The van der Waals surface area contributed by atoms with Crippen LogP contribution in [0.1, 0.15) is 54.1 Å². The Morgan fingerprint density at radius 2 is 1.86 bits per heavy atom. The topological polar surface area (TPSA) is 32.3 Å². The highest BCUT2D eigenvalue weighted by atomic mass is 35.5. The number of carbonyl (C=O) groups excluding carboxylic acids is 1. The van der Waals surface area contributed by atoms with Crippen LogP contribution in [0.25, 0.3) is 0 Å². The summed E-state index contributed by atoms with van der Waals surface area (Å²) in [5.74, 6) is 0.755. The van der Waals surface area contributed by atoms with Gasteiger partial charge in [0.15, 0.2) is 0 Å². The summed E-state index contributed by atoms with van der Waals surface area (Å²) in [5, 5.41) is 3.40. The Morgan fingerprint density at radius 1 is 1.24 bits per heavy atom. The van der Waals surface area contributed by atoms with E-state index in [1.165, 1.54) is 24.0 Å². The zero-order valence-corrected chi connectivity index (χ0v) is 14.1. The maximum Gasteiger partial charge on any atom is 0.253 e. The van der Waals surface area contributed by atoms with Crippen LogP contribution in [0.4, 0.5) is 0 Å². The van der Waals surface area contributed by atoms with Crippen LogP contribution < -0.4 is 5.32 Å². The minimum atomic E-state index is 0. The molecule has 0 bridgehead atoms. The summed E-state index contributed by atoms with van der Waals surface area (Å²) in [6.45, 7) is 9.92. The average molecular weight is 311 g/mol. The summed E-state index contributed by atoms with van der Waals surface area (Å²) in [6, 6.07) is 6.21. The molecule has 1 saturated heterocycles. The van der Waals surface area contributed by atoms with Crippen LogP contribution in [0.2, 0.25) is 0 Å². The van der Waals surface area contributed by atoms with Crippen molar-refractivity contribution in [2.75, 3.05) is 26.2 Å². The molecule has 3 nitrogen and oxygen atoms in total. The molecule has 1 amide bonds. The van der Waals surface area contributed by atoms with Gasteiger partial charge in [0.1, 0.15) is 0 Å². The average Bonchev–Trinajstić information content (AvgIpc) is 2.49. The standard InChI is InChI=1S/C17H26N2O.ClH/c1-4-19(5-2)17(20)15-7-6-13(3)16(12-15)14-8-10-18-11-9-14;/h6-7,12,14,18H,4-5,8-11H2,1-3H3;1H. The van der Waals surface area contributed by atoms with Gasteiger partial charge >= 0.3 is 0 Å². The smallest absolute Gasteiger partial charge is 0.253 e. The summed E-state index contributed by atoms with van der Waals surface area (Å²) in [4.78, 5) is 14.4. The molecule has 0 spiro atoms. The lowest BCUT2D eigenvalue weighted by atomic mass is 9.86. The number of hydrogen-bond donors (Lipinski definition) is 1. The van der Waals surface area contributed by atoms with Crippen molar-refractivity contribution in [3.8, 4) is 0 Å². The lowest BCUT2D eigenvalue weighted by molar-refractivity contribution is 0.0773. The van der Waals surface area contributed by atoms with Gasteiger partial charge in [-0.1, -0.05) is 6.07 Å². The fourth-order valence-corrected chi connectivity index (χ4v) is 3.04. The molecule has 21 heavy (non-hydrogen) atoms. The van der Waals surface area contributed by atoms with E-state index in [1.54, 1.807) is 0 Å². The molecule has 1 heterocycles. The second-order valence-electron chi connectivity index (χ2n) is 5.57. The van der Waals surface area contributed by atoms with Crippen molar-refractivity contribution in [1.82, 2.24) is 10.2 Å². The lowest BCUT2D eigenvalue weighted by Gasteiger charge is -2.25. The number of nitrogens with one attached hydrogen (secondary N) is 1. The molecule has 1 aromatic carbocycles. The Labute approximate surface area is 134 Å². The van der Waals surface area contributed by atoms with Crippen molar-refractivity contribution in [1.29, 1.82) is 0 Å². The number of aryl methyl sites for hydroxylation is 1. The number of carbonyl (C=O) groups is 1. The van der Waals surface area contributed by atoms with E-state index in [2.05, 4.69) is 24.4 Å². The lowest BCUT2D eigenvalue weighted by Crippen LogP contribution is -2.31. The van der Waals surface area contributed by atoms with Crippen LogP contribution in [0, 0.1) is 6.92 Å². The third kappa shape index (κ3) is 4.21. The van der Waals surface area contributed by atoms with Gasteiger partial charge < -0.3 is 10.2 Å². The normalized spacial score (nSPS) is 15.4. The number of piperidine rings is 1. The highest BCUT2D eigenvalue weighted by molar-refractivity contribution is 5.94. The number of benzene rings is 1. The van der Waals surface area contributed by atoms with Crippen LogP contribution >= 0.6 is 12.4 Å². The van der Waals surface area contributed by atoms with Crippen molar-refractivity contribution in [2.24, 2.45) is 0 Å². The first-order valence-corrected chi connectivity index (χ1v) is 7.77. The Balaban J connectivity index is 0.00000220. The van der Waals surface area contributed by atoms with E-state index in [0.29, 0.717) is 5.92 Å². The first-order valence-electron chi connectivity index (χ1n) is 7.77. The van der Waals surface area contributed by atoms with E-state index >= 15 is 0 Å². The van der Waals surface area contributed by atoms with Crippen LogP contribution in [0.15, 0.2) is 18.2 Å². The van der Waals surface area contributed by atoms with Crippen molar-refractivity contribution in [2.45, 2.75) is 39.5 Å². The molecule has 1 aromatic rings. The first kappa shape index (κ1) is 18.0.